The van der Waals surface area contributed by atoms with E-state index in [0.29, 0.717) is 16.3 Å². The van der Waals surface area contributed by atoms with Crippen LogP contribution in [-0.2, 0) is 4.74 Å². The van der Waals surface area contributed by atoms with Crippen molar-refractivity contribution in [3.05, 3.63) is 0 Å². The molecule has 1 rings (SSSR count). The van der Waals surface area contributed by atoms with Gasteiger partial charge in [-0.2, -0.15) is 0 Å². The van der Waals surface area contributed by atoms with Crippen LogP contribution in [0.2, 0.25) is 0 Å². The zero-order valence-corrected chi connectivity index (χ0v) is 12.8. The van der Waals surface area contributed by atoms with E-state index in [1.165, 1.54) is 32.1 Å². The van der Waals surface area contributed by atoms with Gasteiger partial charge in [0, 0.05) is 16.8 Å². The van der Waals surface area contributed by atoms with Crippen molar-refractivity contribution in [3.63, 3.8) is 0 Å². The summed E-state index contributed by atoms with van der Waals surface area (Å²) in [6.45, 7) is 10.1. The summed E-state index contributed by atoms with van der Waals surface area (Å²) in [4.78, 5) is 0.640. The standard InChI is InChI=1S/C14H27BrO/c1-5-7-8-11(6-2)10-16-13-9-12(15)14(13,3)4/h11-13H,5-10H2,1-4H3. The van der Waals surface area contributed by atoms with Gasteiger partial charge in [-0.15, -0.1) is 0 Å². The predicted molar refractivity (Wildman–Crippen MR) is 74.2 cm³/mol. The minimum Gasteiger partial charge on any atom is -0.377 e. The second-order valence-corrected chi connectivity index (χ2v) is 6.87. The minimum atomic E-state index is 0.322. The van der Waals surface area contributed by atoms with E-state index in [4.69, 9.17) is 4.74 Å². The van der Waals surface area contributed by atoms with Gasteiger partial charge in [0.1, 0.15) is 0 Å². The van der Waals surface area contributed by atoms with Crippen LogP contribution in [0.1, 0.15) is 59.8 Å². The van der Waals surface area contributed by atoms with Crippen molar-refractivity contribution < 1.29 is 4.74 Å². The fourth-order valence-electron chi connectivity index (χ4n) is 2.27. The number of hydrogen-bond donors (Lipinski definition) is 0. The first kappa shape index (κ1) is 14.5. The summed E-state index contributed by atoms with van der Waals surface area (Å²) >= 11 is 3.71. The monoisotopic (exact) mass is 290 g/mol. The molecular formula is C14H27BrO. The zero-order chi connectivity index (χ0) is 12.2. The molecule has 1 fully saturated rings. The molecule has 0 bridgehead atoms. The fourth-order valence-corrected chi connectivity index (χ4v) is 2.90. The van der Waals surface area contributed by atoms with Crippen LogP contribution in [0, 0.1) is 11.3 Å². The molecule has 0 N–H and O–H groups in total. The molecule has 2 heteroatoms. The van der Waals surface area contributed by atoms with E-state index in [0.717, 1.165) is 12.5 Å². The molecular weight excluding hydrogens is 264 g/mol. The summed E-state index contributed by atoms with van der Waals surface area (Å²) in [6.07, 6.45) is 6.87. The Labute approximate surface area is 109 Å². The van der Waals surface area contributed by atoms with Crippen LogP contribution in [-0.4, -0.2) is 17.5 Å². The average molecular weight is 291 g/mol. The minimum absolute atomic E-state index is 0.322. The molecule has 0 amide bonds. The van der Waals surface area contributed by atoms with Crippen molar-refractivity contribution in [2.45, 2.75) is 70.7 Å². The molecule has 0 aromatic carbocycles. The molecule has 0 aliphatic heterocycles. The lowest BCUT2D eigenvalue weighted by atomic mass is 9.69. The summed E-state index contributed by atoms with van der Waals surface area (Å²) in [6, 6.07) is 0. The first-order valence-corrected chi connectivity index (χ1v) is 7.69. The number of hydrogen-bond acceptors (Lipinski definition) is 1. The Hall–Kier alpha value is 0.440. The van der Waals surface area contributed by atoms with Gasteiger partial charge in [0.15, 0.2) is 0 Å². The van der Waals surface area contributed by atoms with Crippen molar-refractivity contribution in [3.8, 4) is 0 Å². The van der Waals surface area contributed by atoms with Crippen molar-refractivity contribution in [1.82, 2.24) is 0 Å². The third-order valence-electron chi connectivity index (χ3n) is 4.13. The SMILES string of the molecule is CCCCC(CC)COC1CC(Br)C1(C)C. The van der Waals surface area contributed by atoms with Gasteiger partial charge in [-0.1, -0.05) is 62.9 Å². The average Bonchev–Trinajstić information content (AvgIpc) is 2.27. The summed E-state index contributed by atoms with van der Waals surface area (Å²) in [5.74, 6) is 0.769. The van der Waals surface area contributed by atoms with Gasteiger partial charge in [0.05, 0.1) is 6.10 Å². The van der Waals surface area contributed by atoms with Crippen LogP contribution >= 0.6 is 15.9 Å². The van der Waals surface area contributed by atoms with E-state index in [1.807, 2.05) is 0 Å². The van der Waals surface area contributed by atoms with Gasteiger partial charge < -0.3 is 4.74 Å². The zero-order valence-electron chi connectivity index (χ0n) is 11.3. The van der Waals surface area contributed by atoms with Crippen LogP contribution in [0.4, 0.5) is 0 Å². The highest BCUT2D eigenvalue weighted by Crippen LogP contribution is 2.47. The van der Waals surface area contributed by atoms with Gasteiger partial charge >= 0.3 is 0 Å². The van der Waals surface area contributed by atoms with Crippen molar-refractivity contribution >= 4 is 15.9 Å². The molecule has 3 atom stereocenters. The highest BCUT2D eigenvalue weighted by molar-refractivity contribution is 9.09. The number of halogens is 1. The molecule has 0 heterocycles. The maximum atomic E-state index is 6.08. The Kier molecular flexibility index (Phi) is 5.79. The lowest BCUT2D eigenvalue weighted by molar-refractivity contribution is -0.0963. The van der Waals surface area contributed by atoms with Crippen LogP contribution in [0.25, 0.3) is 0 Å². The third-order valence-corrected chi connectivity index (χ3v) is 5.69. The molecule has 0 aromatic rings. The quantitative estimate of drug-likeness (QED) is 0.613. The second-order valence-electron chi connectivity index (χ2n) is 5.76. The van der Waals surface area contributed by atoms with Gasteiger partial charge in [-0.25, -0.2) is 0 Å². The smallest absolute Gasteiger partial charge is 0.0647 e. The normalized spacial score (nSPS) is 29.8. The summed E-state index contributed by atoms with van der Waals surface area (Å²) < 4.78 is 6.08. The van der Waals surface area contributed by atoms with Gasteiger partial charge in [-0.3, -0.25) is 0 Å². The highest BCUT2D eigenvalue weighted by Gasteiger charge is 2.47. The molecule has 1 saturated carbocycles. The number of ether oxygens (including phenoxy) is 1. The lowest BCUT2D eigenvalue weighted by Crippen LogP contribution is -2.51. The maximum absolute atomic E-state index is 6.08. The highest BCUT2D eigenvalue weighted by atomic mass is 79.9. The summed E-state index contributed by atoms with van der Waals surface area (Å²) in [7, 11) is 0. The van der Waals surface area contributed by atoms with Crippen molar-refractivity contribution in [2.24, 2.45) is 11.3 Å². The topological polar surface area (TPSA) is 9.23 Å². The first-order valence-electron chi connectivity index (χ1n) is 6.78. The molecule has 96 valence electrons. The molecule has 1 aliphatic carbocycles. The Balaban J connectivity index is 2.23. The molecule has 0 saturated heterocycles. The Bertz CT molecular complexity index is 203. The van der Waals surface area contributed by atoms with E-state index in [1.54, 1.807) is 0 Å². The van der Waals surface area contributed by atoms with Crippen molar-refractivity contribution in [1.29, 1.82) is 0 Å². The largest absolute Gasteiger partial charge is 0.377 e. The predicted octanol–water partition coefficient (Wildman–Crippen LogP) is 4.78. The van der Waals surface area contributed by atoms with Crippen molar-refractivity contribution in [2.75, 3.05) is 6.61 Å². The van der Waals surface area contributed by atoms with E-state index in [9.17, 15) is 0 Å². The number of rotatable bonds is 7. The van der Waals surface area contributed by atoms with Gasteiger partial charge in [-0.05, 0) is 18.8 Å². The van der Waals surface area contributed by atoms with E-state index < -0.39 is 0 Å². The molecule has 3 unspecified atom stereocenters. The first-order chi connectivity index (χ1) is 7.52. The Morgan fingerprint density at radius 1 is 1.38 bits per heavy atom. The molecule has 0 radical (unpaired) electrons. The molecule has 1 nitrogen and oxygen atoms in total. The summed E-state index contributed by atoms with van der Waals surface area (Å²) in [5.41, 5.74) is 0.322. The Morgan fingerprint density at radius 3 is 2.50 bits per heavy atom. The number of unbranched alkanes of at least 4 members (excludes halogenated alkanes) is 1. The third kappa shape index (κ3) is 3.46. The van der Waals surface area contributed by atoms with Crippen LogP contribution in [0.3, 0.4) is 0 Å². The van der Waals surface area contributed by atoms with E-state index in [-0.39, 0.29) is 0 Å². The fraction of sp³-hybridized carbons (Fsp3) is 1.00. The lowest BCUT2D eigenvalue weighted by Gasteiger charge is -2.49. The summed E-state index contributed by atoms with van der Waals surface area (Å²) in [5, 5.41) is 0. The number of alkyl halides is 1. The van der Waals surface area contributed by atoms with E-state index in [2.05, 4.69) is 43.6 Å². The maximum Gasteiger partial charge on any atom is 0.0647 e. The van der Waals surface area contributed by atoms with Gasteiger partial charge in [0.25, 0.3) is 0 Å². The van der Waals surface area contributed by atoms with Crippen LogP contribution in [0.15, 0.2) is 0 Å². The second kappa shape index (κ2) is 6.39. The molecule has 16 heavy (non-hydrogen) atoms. The molecule has 0 aromatic heterocycles. The molecule has 0 spiro atoms. The Morgan fingerprint density at radius 2 is 2.06 bits per heavy atom. The molecule has 1 aliphatic rings. The van der Waals surface area contributed by atoms with E-state index >= 15 is 0 Å². The van der Waals surface area contributed by atoms with Crippen LogP contribution in [0.5, 0.6) is 0 Å². The van der Waals surface area contributed by atoms with Gasteiger partial charge in [0.2, 0.25) is 0 Å². The van der Waals surface area contributed by atoms with Crippen LogP contribution < -0.4 is 0 Å².